The molecule has 3 aromatic rings. The molecule has 2 saturated heterocycles. The van der Waals surface area contributed by atoms with E-state index in [1.165, 1.54) is 0 Å². The highest BCUT2D eigenvalue weighted by molar-refractivity contribution is 6.16. The highest BCUT2D eigenvalue weighted by atomic mass is 16.5. The van der Waals surface area contributed by atoms with E-state index >= 15 is 0 Å². The summed E-state index contributed by atoms with van der Waals surface area (Å²) in [6.45, 7) is 0.388. The molecule has 0 spiro atoms. The number of nitrogens with zero attached hydrogens (tertiary/aromatic N) is 1. The molecule has 0 aliphatic carbocycles. The summed E-state index contributed by atoms with van der Waals surface area (Å²) in [5.74, 6) is 1.83. The number of Topliss-reactive ketones (excluding diaryl/α,β-unsaturated/α-hetero) is 1. The number of hydrogen-bond acceptors (Lipinski definition) is 6. The number of carbonyl (C=O) groups excluding carboxylic acids is 1. The zero-order valence-electron chi connectivity index (χ0n) is 13.7. The molecule has 0 saturated carbocycles. The van der Waals surface area contributed by atoms with E-state index in [0.717, 1.165) is 0 Å². The van der Waals surface area contributed by atoms with Gasteiger partial charge in [0, 0.05) is 11.6 Å². The minimum absolute atomic E-state index is 0.0670. The number of fused-ring (bicyclic) bond motifs is 1. The molecule has 2 aliphatic rings. The van der Waals surface area contributed by atoms with E-state index in [9.17, 15) is 4.79 Å². The lowest BCUT2D eigenvalue weighted by molar-refractivity contribution is -0.112. The number of rotatable bonds is 3. The summed E-state index contributed by atoms with van der Waals surface area (Å²) in [6, 6.07) is 10.6. The number of allylic oxidation sites excluding steroid dienone is 1. The van der Waals surface area contributed by atoms with Crippen molar-refractivity contribution < 1.29 is 22.8 Å². The van der Waals surface area contributed by atoms with Crippen molar-refractivity contribution in [2.24, 2.45) is 0 Å². The molecule has 130 valence electrons. The van der Waals surface area contributed by atoms with Crippen LogP contribution in [0.3, 0.4) is 0 Å². The Morgan fingerprint density at radius 3 is 2.27 bits per heavy atom. The Morgan fingerprint density at radius 1 is 0.923 bits per heavy atom. The van der Waals surface area contributed by atoms with Gasteiger partial charge in [-0.3, -0.25) is 4.79 Å². The molecule has 0 aromatic carbocycles. The lowest BCUT2D eigenvalue weighted by Crippen LogP contribution is -2.26. The molecule has 1 unspecified atom stereocenters. The molecule has 3 aromatic heterocycles. The van der Waals surface area contributed by atoms with E-state index in [1.54, 1.807) is 49.1 Å². The first kappa shape index (κ1) is 15.0. The fourth-order valence-electron chi connectivity index (χ4n) is 3.44. The third-order valence-corrected chi connectivity index (χ3v) is 4.58. The molecule has 0 N–H and O–H groups in total. The van der Waals surface area contributed by atoms with Gasteiger partial charge in [0.05, 0.1) is 37.1 Å². The molecule has 0 bridgehead atoms. The average molecular weight is 349 g/mol. The number of ether oxygens (including phenoxy) is 1. The van der Waals surface area contributed by atoms with Crippen LogP contribution in [0.15, 0.2) is 79.7 Å². The first-order valence-corrected chi connectivity index (χ1v) is 8.29. The maximum absolute atomic E-state index is 13.1. The Balaban J connectivity index is 1.61. The van der Waals surface area contributed by atoms with Crippen molar-refractivity contribution in [2.45, 2.75) is 12.3 Å². The Kier molecular flexibility index (Phi) is 3.43. The second-order valence-corrected chi connectivity index (χ2v) is 6.11. The van der Waals surface area contributed by atoms with Gasteiger partial charge in [0.25, 0.3) is 0 Å². The fourth-order valence-corrected chi connectivity index (χ4v) is 3.44. The van der Waals surface area contributed by atoms with Gasteiger partial charge in [0.15, 0.2) is 12.0 Å². The summed E-state index contributed by atoms with van der Waals surface area (Å²) in [5.41, 5.74) is 1.15. The van der Waals surface area contributed by atoms with Crippen molar-refractivity contribution in [1.82, 2.24) is 4.90 Å². The van der Waals surface area contributed by atoms with Crippen molar-refractivity contribution in [2.75, 3.05) is 6.61 Å². The second-order valence-electron chi connectivity index (χ2n) is 6.11. The third kappa shape index (κ3) is 2.34. The minimum atomic E-state index is -0.456. The molecular weight excluding hydrogens is 334 g/mol. The predicted octanol–water partition coefficient (Wildman–Crippen LogP) is 3.87. The molecule has 5 heterocycles. The largest absolute Gasteiger partial charge is 0.465 e. The highest BCUT2D eigenvalue weighted by Gasteiger charge is 2.49. The smallest absolute Gasteiger partial charge is 0.207 e. The Bertz CT molecular complexity index is 964. The van der Waals surface area contributed by atoms with Gasteiger partial charge >= 0.3 is 0 Å². The van der Waals surface area contributed by atoms with Crippen LogP contribution in [0.4, 0.5) is 0 Å². The van der Waals surface area contributed by atoms with Crippen molar-refractivity contribution in [3.63, 3.8) is 0 Å². The maximum atomic E-state index is 13.1. The monoisotopic (exact) mass is 349 g/mol. The standard InChI is InChI=1S/C20H15NO5/c22-19-15(10-13-4-1-7-23-13)17-12-26-20(18-6-3-9-25-18)21(17)16(19)11-14-5-2-8-24-14/h1-11,17,20H,12H2/b15-10+,16-11+/t17-,20?/m0/s1. The zero-order valence-corrected chi connectivity index (χ0v) is 13.7. The van der Waals surface area contributed by atoms with Crippen molar-refractivity contribution in [1.29, 1.82) is 0 Å². The van der Waals surface area contributed by atoms with Gasteiger partial charge in [0.1, 0.15) is 11.5 Å². The van der Waals surface area contributed by atoms with E-state index in [4.69, 9.17) is 18.0 Å². The van der Waals surface area contributed by atoms with Crippen LogP contribution in [0.1, 0.15) is 23.5 Å². The molecule has 2 fully saturated rings. The van der Waals surface area contributed by atoms with Gasteiger partial charge in [-0.1, -0.05) is 0 Å². The Labute approximate surface area is 148 Å². The first-order valence-electron chi connectivity index (χ1n) is 8.29. The maximum Gasteiger partial charge on any atom is 0.207 e. The molecule has 0 amide bonds. The van der Waals surface area contributed by atoms with E-state index in [0.29, 0.717) is 35.2 Å². The lowest BCUT2D eigenvalue weighted by atomic mass is 10.1. The van der Waals surface area contributed by atoms with Crippen molar-refractivity contribution in [3.05, 3.63) is 83.7 Å². The van der Waals surface area contributed by atoms with Crippen LogP contribution in [0.5, 0.6) is 0 Å². The van der Waals surface area contributed by atoms with Gasteiger partial charge in [-0.25, -0.2) is 0 Å². The minimum Gasteiger partial charge on any atom is -0.465 e. The number of hydrogen-bond donors (Lipinski definition) is 0. The molecular formula is C20H15NO5. The van der Waals surface area contributed by atoms with Crippen LogP contribution in [0.25, 0.3) is 12.2 Å². The molecule has 6 nitrogen and oxygen atoms in total. The average Bonchev–Trinajstić information content (AvgIpc) is 3.44. The zero-order chi connectivity index (χ0) is 17.5. The molecule has 2 atom stereocenters. The van der Waals surface area contributed by atoms with Gasteiger partial charge in [-0.2, -0.15) is 0 Å². The van der Waals surface area contributed by atoms with Crippen molar-refractivity contribution >= 4 is 17.9 Å². The summed E-state index contributed by atoms with van der Waals surface area (Å²) in [6.07, 6.45) is 7.81. The normalized spacial score (nSPS) is 25.5. The fraction of sp³-hybridized carbons (Fsp3) is 0.150. The summed E-state index contributed by atoms with van der Waals surface area (Å²) in [4.78, 5) is 15.1. The molecule has 0 radical (unpaired) electrons. The summed E-state index contributed by atoms with van der Waals surface area (Å²) in [7, 11) is 0. The second kappa shape index (κ2) is 5.93. The van der Waals surface area contributed by atoms with Crippen LogP contribution in [0, 0.1) is 0 Å². The van der Waals surface area contributed by atoms with Crippen LogP contribution >= 0.6 is 0 Å². The van der Waals surface area contributed by atoms with Gasteiger partial charge < -0.3 is 22.9 Å². The number of ketones is 1. The highest BCUT2D eigenvalue weighted by Crippen LogP contribution is 2.44. The van der Waals surface area contributed by atoms with Crippen LogP contribution in [0.2, 0.25) is 0 Å². The predicted molar refractivity (Wildman–Crippen MR) is 91.4 cm³/mol. The SMILES string of the molecule is O=C1/C(=C/c2ccco2)[C@@H]2COC(c3ccco3)N2/C1=C/c1ccco1. The first-order chi connectivity index (χ1) is 12.8. The summed E-state index contributed by atoms with van der Waals surface area (Å²) in [5, 5.41) is 0. The van der Waals surface area contributed by atoms with Gasteiger partial charge in [0.2, 0.25) is 5.78 Å². The molecule has 2 aliphatic heterocycles. The Hall–Kier alpha value is -3.25. The number of furan rings is 3. The molecule has 5 rings (SSSR count). The van der Waals surface area contributed by atoms with Gasteiger partial charge in [-0.05, 0) is 42.5 Å². The van der Waals surface area contributed by atoms with E-state index < -0.39 is 6.23 Å². The summed E-state index contributed by atoms with van der Waals surface area (Å²) < 4.78 is 22.3. The summed E-state index contributed by atoms with van der Waals surface area (Å²) >= 11 is 0. The van der Waals surface area contributed by atoms with Crippen molar-refractivity contribution in [3.8, 4) is 0 Å². The Morgan fingerprint density at radius 2 is 1.62 bits per heavy atom. The topological polar surface area (TPSA) is 69.0 Å². The van der Waals surface area contributed by atoms with Crippen LogP contribution in [-0.2, 0) is 9.53 Å². The molecule has 26 heavy (non-hydrogen) atoms. The van der Waals surface area contributed by atoms with Crippen LogP contribution < -0.4 is 0 Å². The lowest BCUT2D eigenvalue weighted by Gasteiger charge is -2.22. The van der Waals surface area contributed by atoms with Gasteiger partial charge in [-0.15, -0.1) is 0 Å². The quantitative estimate of drug-likeness (QED) is 0.669. The van der Waals surface area contributed by atoms with E-state index in [2.05, 4.69) is 0 Å². The molecule has 6 heteroatoms. The van der Waals surface area contributed by atoms with Crippen LogP contribution in [-0.4, -0.2) is 23.3 Å². The number of carbonyl (C=O) groups is 1. The van der Waals surface area contributed by atoms with E-state index in [1.807, 2.05) is 23.1 Å². The van der Waals surface area contributed by atoms with E-state index in [-0.39, 0.29) is 11.8 Å². The third-order valence-electron chi connectivity index (χ3n) is 4.58.